The number of anilines is 2. The van der Waals surface area contributed by atoms with Gasteiger partial charge in [0, 0.05) is 30.8 Å². The first-order valence-electron chi connectivity index (χ1n) is 9.02. The molecule has 0 fully saturated rings. The lowest BCUT2D eigenvalue weighted by molar-refractivity contribution is -0.136. The first-order chi connectivity index (χ1) is 13.1. The van der Waals surface area contributed by atoms with Gasteiger partial charge in [0.15, 0.2) is 5.82 Å². The van der Waals surface area contributed by atoms with E-state index in [1.54, 1.807) is 0 Å². The van der Waals surface area contributed by atoms with Gasteiger partial charge in [-0.05, 0) is 36.9 Å². The van der Waals surface area contributed by atoms with Gasteiger partial charge in [-0.1, -0.05) is 30.3 Å². The smallest absolute Gasteiger partial charge is 0.307 e. The Hall–Kier alpha value is -3.12. The number of para-hydroxylation sites is 1. The van der Waals surface area contributed by atoms with Gasteiger partial charge in [0.2, 0.25) is 0 Å². The molecular weight excluding hydrogens is 340 g/mol. The molecule has 27 heavy (non-hydrogen) atoms. The van der Waals surface area contributed by atoms with Crippen LogP contribution in [0.3, 0.4) is 0 Å². The maximum Gasteiger partial charge on any atom is 0.307 e. The van der Waals surface area contributed by atoms with Crippen LogP contribution < -0.4 is 5.32 Å². The molecule has 1 aliphatic rings. The van der Waals surface area contributed by atoms with Crippen molar-refractivity contribution in [1.29, 1.82) is 0 Å². The van der Waals surface area contributed by atoms with Gasteiger partial charge in [0.1, 0.15) is 0 Å². The van der Waals surface area contributed by atoms with E-state index in [0.717, 1.165) is 42.3 Å². The number of benzene rings is 2. The minimum absolute atomic E-state index is 0.0309. The van der Waals surface area contributed by atoms with Crippen molar-refractivity contribution in [2.24, 2.45) is 0 Å². The Balaban J connectivity index is 1.70. The van der Waals surface area contributed by atoms with Gasteiger partial charge in [-0.2, -0.15) is 0 Å². The molecule has 0 saturated heterocycles. The van der Waals surface area contributed by atoms with Crippen molar-refractivity contribution in [3.8, 4) is 5.69 Å². The fraction of sp³-hybridized carbons (Fsp3) is 0.238. The van der Waals surface area contributed by atoms with Crippen LogP contribution in [0.15, 0.2) is 54.6 Å². The highest BCUT2D eigenvalue weighted by Gasteiger charge is 2.24. The Kier molecular flexibility index (Phi) is 4.64. The Labute approximate surface area is 158 Å². The zero-order chi connectivity index (χ0) is 18.8. The molecule has 0 aliphatic carbocycles. The standard InChI is InChI=1S/C21H22N4O2/c1-24-12-11-19-18(14-24)21(22-16-5-3-2-4-6-16)23-25(19)17-9-7-15(8-10-17)13-20(26)27/h2-10H,11-14H2,1H3,(H,22,23)(H,26,27). The number of nitrogens with one attached hydrogen (secondary N) is 1. The molecule has 0 atom stereocenters. The first-order valence-corrected chi connectivity index (χ1v) is 9.02. The number of nitrogens with zero attached hydrogens (tertiary/aromatic N) is 3. The summed E-state index contributed by atoms with van der Waals surface area (Å²) in [5, 5.41) is 17.2. The van der Waals surface area contributed by atoms with Crippen LogP contribution in [-0.2, 0) is 24.2 Å². The third-order valence-electron chi connectivity index (χ3n) is 4.82. The molecule has 0 spiro atoms. The van der Waals surface area contributed by atoms with Crippen molar-refractivity contribution in [1.82, 2.24) is 14.7 Å². The fourth-order valence-corrected chi connectivity index (χ4v) is 3.46. The van der Waals surface area contributed by atoms with E-state index in [0.29, 0.717) is 0 Å². The van der Waals surface area contributed by atoms with Crippen molar-refractivity contribution in [3.63, 3.8) is 0 Å². The van der Waals surface area contributed by atoms with Crippen LogP contribution in [0.4, 0.5) is 11.5 Å². The van der Waals surface area contributed by atoms with Gasteiger partial charge in [0.25, 0.3) is 0 Å². The fourth-order valence-electron chi connectivity index (χ4n) is 3.46. The summed E-state index contributed by atoms with van der Waals surface area (Å²) in [6.45, 7) is 1.84. The van der Waals surface area contributed by atoms with Crippen LogP contribution in [-0.4, -0.2) is 39.3 Å². The predicted molar refractivity (Wildman–Crippen MR) is 105 cm³/mol. The number of carboxylic acids is 1. The quantitative estimate of drug-likeness (QED) is 0.729. The monoisotopic (exact) mass is 362 g/mol. The lowest BCUT2D eigenvalue weighted by Crippen LogP contribution is -2.27. The summed E-state index contributed by atoms with van der Waals surface area (Å²) in [5.74, 6) is 0.0500. The average molecular weight is 362 g/mol. The van der Waals surface area contributed by atoms with E-state index in [2.05, 4.69) is 17.3 Å². The maximum atomic E-state index is 10.9. The van der Waals surface area contributed by atoms with Crippen molar-refractivity contribution >= 4 is 17.5 Å². The van der Waals surface area contributed by atoms with Gasteiger partial charge in [-0.25, -0.2) is 4.68 Å². The maximum absolute atomic E-state index is 10.9. The molecule has 1 aliphatic heterocycles. The second-order valence-corrected chi connectivity index (χ2v) is 6.90. The summed E-state index contributed by atoms with van der Waals surface area (Å²) in [6, 6.07) is 17.6. The second kappa shape index (κ2) is 7.25. The normalized spacial score (nSPS) is 14.0. The molecule has 1 aromatic heterocycles. The minimum atomic E-state index is -0.823. The average Bonchev–Trinajstić information content (AvgIpc) is 3.00. The molecule has 2 heterocycles. The molecule has 2 N–H and O–H groups in total. The summed E-state index contributed by atoms with van der Waals surface area (Å²) in [5.41, 5.74) is 5.16. The highest BCUT2D eigenvalue weighted by atomic mass is 16.4. The van der Waals surface area contributed by atoms with E-state index < -0.39 is 5.97 Å². The topological polar surface area (TPSA) is 70.4 Å². The van der Waals surface area contributed by atoms with Gasteiger partial charge >= 0.3 is 5.97 Å². The van der Waals surface area contributed by atoms with Crippen LogP contribution in [0, 0.1) is 0 Å². The van der Waals surface area contributed by atoms with Crippen LogP contribution in [0.1, 0.15) is 16.8 Å². The van der Waals surface area contributed by atoms with E-state index in [4.69, 9.17) is 10.2 Å². The van der Waals surface area contributed by atoms with Crippen LogP contribution in [0.5, 0.6) is 0 Å². The lowest BCUT2D eigenvalue weighted by atomic mass is 10.1. The number of rotatable bonds is 5. The molecule has 0 saturated carbocycles. The molecule has 6 nitrogen and oxygen atoms in total. The van der Waals surface area contributed by atoms with Crippen molar-refractivity contribution < 1.29 is 9.90 Å². The van der Waals surface area contributed by atoms with Crippen molar-refractivity contribution in [2.75, 3.05) is 18.9 Å². The minimum Gasteiger partial charge on any atom is -0.481 e. The van der Waals surface area contributed by atoms with E-state index in [-0.39, 0.29) is 6.42 Å². The zero-order valence-corrected chi connectivity index (χ0v) is 15.2. The molecule has 2 aromatic carbocycles. The van der Waals surface area contributed by atoms with Crippen molar-refractivity contribution in [3.05, 3.63) is 71.4 Å². The summed E-state index contributed by atoms with van der Waals surface area (Å²) in [6.07, 6.45) is 0.954. The Morgan fingerprint density at radius 1 is 1.15 bits per heavy atom. The van der Waals surface area contributed by atoms with E-state index >= 15 is 0 Å². The van der Waals surface area contributed by atoms with E-state index in [1.165, 1.54) is 11.3 Å². The van der Waals surface area contributed by atoms with Crippen LogP contribution in [0.25, 0.3) is 5.69 Å². The molecule has 138 valence electrons. The summed E-state index contributed by atoms with van der Waals surface area (Å²) in [7, 11) is 2.12. The molecule has 6 heteroatoms. The summed E-state index contributed by atoms with van der Waals surface area (Å²) >= 11 is 0. The highest BCUT2D eigenvalue weighted by molar-refractivity contribution is 5.70. The Morgan fingerprint density at radius 3 is 2.59 bits per heavy atom. The number of carbonyl (C=O) groups is 1. The largest absolute Gasteiger partial charge is 0.481 e. The lowest BCUT2D eigenvalue weighted by Gasteiger charge is -2.23. The number of hydrogen-bond acceptors (Lipinski definition) is 4. The SMILES string of the molecule is CN1CCc2c(c(Nc3ccccc3)nn2-c2ccc(CC(=O)O)cc2)C1. The van der Waals surface area contributed by atoms with E-state index in [1.807, 2.05) is 59.3 Å². The number of aromatic nitrogens is 2. The number of hydrogen-bond donors (Lipinski definition) is 2. The number of carboxylic acid groups (broad SMARTS) is 1. The predicted octanol–water partition coefficient (Wildman–Crippen LogP) is 3.23. The molecule has 0 unspecified atom stereocenters. The van der Waals surface area contributed by atoms with E-state index in [9.17, 15) is 4.79 Å². The molecular formula is C21H22N4O2. The number of likely N-dealkylation sites (N-methyl/N-ethyl adjacent to an activating group) is 1. The summed E-state index contributed by atoms with van der Waals surface area (Å²) < 4.78 is 1.98. The zero-order valence-electron chi connectivity index (χ0n) is 15.2. The number of fused-ring (bicyclic) bond motifs is 1. The van der Waals surface area contributed by atoms with Gasteiger partial charge < -0.3 is 15.3 Å². The summed E-state index contributed by atoms with van der Waals surface area (Å²) in [4.78, 5) is 13.2. The number of aliphatic carboxylic acids is 1. The third-order valence-corrected chi connectivity index (χ3v) is 4.82. The van der Waals surface area contributed by atoms with Crippen LogP contribution in [0.2, 0.25) is 0 Å². The molecule has 3 aromatic rings. The molecule has 0 radical (unpaired) electrons. The van der Waals surface area contributed by atoms with Gasteiger partial charge in [-0.3, -0.25) is 4.79 Å². The van der Waals surface area contributed by atoms with Crippen LogP contribution >= 0.6 is 0 Å². The molecule has 0 bridgehead atoms. The second-order valence-electron chi connectivity index (χ2n) is 6.90. The highest BCUT2D eigenvalue weighted by Crippen LogP contribution is 2.30. The Morgan fingerprint density at radius 2 is 1.89 bits per heavy atom. The van der Waals surface area contributed by atoms with Crippen molar-refractivity contribution in [2.45, 2.75) is 19.4 Å². The Bertz CT molecular complexity index is 948. The van der Waals surface area contributed by atoms with Gasteiger partial charge in [-0.15, -0.1) is 5.10 Å². The molecule has 4 rings (SSSR count). The molecule has 0 amide bonds. The first kappa shape index (κ1) is 17.3. The van der Waals surface area contributed by atoms with Gasteiger partial charge in [0.05, 0.1) is 17.8 Å². The third kappa shape index (κ3) is 3.71.